The molecule has 5 aliphatic heterocycles. The van der Waals surface area contributed by atoms with Crippen LogP contribution in [0.1, 0.15) is 137 Å². The van der Waals surface area contributed by atoms with E-state index in [0.717, 1.165) is 52.5 Å². The summed E-state index contributed by atoms with van der Waals surface area (Å²) in [7, 11) is 0. The molecular weight excluding hydrogens is 851 g/mol. The Labute approximate surface area is 407 Å². The summed E-state index contributed by atoms with van der Waals surface area (Å²) in [4.78, 5) is 0. The largest absolute Gasteiger partial charge is 0.486 e. The molecule has 68 heavy (non-hydrogen) atoms. The number of anilines is 1. The lowest BCUT2D eigenvalue weighted by Crippen LogP contribution is -2.20. The van der Waals surface area contributed by atoms with E-state index in [1.54, 1.807) is 0 Å². The van der Waals surface area contributed by atoms with Crippen molar-refractivity contribution in [1.29, 1.82) is 0 Å². The molecule has 0 saturated heterocycles. The van der Waals surface area contributed by atoms with Gasteiger partial charge in [-0.3, -0.25) is 0 Å². The summed E-state index contributed by atoms with van der Waals surface area (Å²) in [5.41, 5.74) is 9.71. The van der Waals surface area contributed by atoms with Gasteiger partial charge in [-0.15, -0.1) is 0 Å². The summed E-state index contributed by atoms with van der Waals surface area (Å²) < 4.78 is 43.5. The standard InChI is InChI=1S/C13H17N.2C12H16O2.2C11H14O2/c1-13(2,3)11-7-6-10-5-4-8-14-12(10)9-11;1-12(2,3)9-4-5-10-11(8-9)14-7-6-13-10;1-12(2,3)9-5-4-6-10-11(9)14-8-7-13-10;1-11(2,3)8-4-5-9-10(6-8)13-7-12-9;1-11(2,3)8-5-4-6-9-10(8)13-7-12-9/h4-7,9,14H,8H2,1-3H3;4-5,8H,6-7H2,1-3H3;4-6H,7-8H2,1-3H3;2*4-6H,7H2,1-3H3. The molecule has 5 heterocycles. The van der Waals surface area contributed by atoms with E-state index in [0.29, 0.717) is 40.0 Å². The molecule has 5 aromatic carbocycles. The van der Waals surface area contributed by atoms with E-state index in [9.17, 15) is 0 Å². The predicted molar refractivity (Wildman–Crippen MR) is 277 cm³/mol. The Kier molecular flexibility index (Phi) is 16.0. The molecule has 5 aliphatic rings. The lowest BCUT2D eigenvalue weighted by atomic mass is 9.86. The number of ether oxygens (including phenoxy) is 8. The van der Waals surface area contributed by atoms with Gasteiger partial charge < -0.3 is 43.2 Å². The van der Waals surface area contributed by atoms with Gasteiger partial charge in [0.05, 0.1) is 0 Å². The minimum absolute atomic E-state index is 0.103. The zero-order chi connectivity index (χ0) is 49.5. The van der Waals surface area contributed by atoms with Crippen LogP contribution < -0.4 is 43.2 Å². The number of hydrogen-bond acceptors (Lipinski definition) is 9. The molecule has 10 rings (SSSR count). The Hall–Kier alpha value is -5.96. The Morgan fingerprint density at radius 2 is 0.779 bits per heavy atom. The third-order valence-electron chi connectivity index (χ3n) is 11.9. The predicted octanol–water partition coefficient (Wildman–Crippen LogP) is 14.4. The topological polar surface area (TPSA) is 85.9 Å². The van der Waals surface area contributed by atoms with Crippen molar-refractivity contribution in [1.82, 2.24) is 0 Å². The first-order valence-corrected chi connectivity index (χ1v) is 24.0. The molecule has 5 aromatic rings. The second-order valence-corrected chi connectivity index (χ2v) is 22.6. The van der Waals surface area contributed by atoms with Crippen LogP contribution >= 0.6 is 0 Å². The van der Waals surface area contributed by atoms with E-state index < -0.39 is 0 Å². The fourth-order valence-electron chi connectivity index (χ4n) is 7.73. The maximum atomic E-state index is 5.66. The molecule has 0 atom stereocenters. The summed E-state index contributed by atoms with van der Waals surface area (Å²) in [5, 5.41) is 3.39. The third kappa shape index (κ3) is 13.6. The van der Waals surface area contributed by atoms with Crippen LogP contribution in [0.15, 0.2) is 97.1 Å². The molecule has 0 saturated carbocycles. The molecule has 0 aromatic heterocycles. The molecule has 0 fully saturated rings. The number of fused-ring (bicyclic) bond motifs is 5. The van der Waals surface area contributed by atoms with Crippen LogP contribution in [0.4, 0.5) is 5.69 Å². The molecule has 0 spiro atoms. The molecule has 0 amide bonds. The van der Waals surface area contributed by atoms with Gasteiger partial charge in [0.25, 0.3) is 0 Å². The van der Waals surface area contributed by atoms with E-state index in [1.807, 2.05) is 36.4 Å². The van der Waals surface area contributed by atoms with Crippen molar-refractivity contribution < 1.29 is 37.9 Å². The van der Waals surface area contributed by atoms with Crippen LogP contribution in [0.3, 0.4) is 0 Å². The van der Waals surface area contributed by atoms with Gasteiger partial charge in [-0.05, 0) is 91.8 Å². The molecule has 366 valence electrons. The number of para-hydroxylation sites is 2. The van der Waals surface area contributed by atoms with Gasteiger partial charge >= 0.3 is 0 Å². The Morgan fingerprint density at radius 3 is 1.34 bits per heavy atom. The summed E-state index contributed by atoms with van der Waals surface area (Å²) in [5.74, 6) is 7.05. The van der Waals surface area contributed by atoms with Gasteiger partial charge in [0, 0.05) is 23.4 Å². The number of rotatable bonds is 0. The van der Waals surface area contributed by atoms with Gasteiger partial charge in [-0.2, -0.15) is 0 Å². The summed E-state index contributed by atoms with van der Waals surface area (Å²) >= 11 is 0. The number of hydrogen-bond donors (Lipinski definition) is 1. The maximum absolute atomic E-state index is 5.66. The first-order valence-electron chi connectivity index (χ1n) is 24.0. The third-order valence-corrected chi connectivity index (χ3v) is 11.9. The van der Waals surface area contributed by atoms with E-state index in [2.05, 4.69) is 176 Å². The molecule has 9 heteroatoms. The van der Waals surface area contributed by atoms with Crippen molar-refractivity contribution in [2.75, 3.05) is 51.9 Å². The zero-order valence-corrected chi connectivity index (χ0v) is 43.5. The second kappa shape index (κ2) is 21.1. The highest BCUT2D eigenvalue weighted by molar-refractivity contribution is 5.71. The monoisotopic (exact) mass is 928 g/mol. The first kappa shape index (κ1) is 51.4. The van der Waals surface area contributed by atoms with E-state index >= 15 is 0 Å². The summed E-state index contributed by atoms with van der Waals surface area (Å²) in [6.45, 7) is 37.2. The Bertz CT molecular complexity index is 2500. The van der Waals surface area contributed by atoms with Gasteiger partial charge in [0.15, 0.2) is 46.0 Å². The SMILES string of the molecule is CC(C)(C)c1ccc2c(c1)NCC=C2.CC(C)(C)c1ccc2c(c1)OCCO2.CC(C)(C)c1ccc2c(c1)OCO2.CC(C)(C)c1cccc2c1OCCO2.CC(C)(C)c1cccc2c1OCO2. The molecule has 0 bridgehead atoms. The zero-order valence-electron chi connectivity index (χ0n) is 43.5. The molecule has 0 radical (unpaired) electrons. The molecule has 1 N–H and O–H groups in total. The first-order chi connectivity index (χ1) is 31.9. The number of benzene rings is 5. The molecular formula is C59H77NO8. The van der Waals surface area contributed by atoms with Crippen LogP contribution in [0.25, 0.3) is 6.08 Å². The van der Waals surface area contributed by atoms with Gasteiger partial charge in [0.1, 0.15) is 26.4 Å². The van der Waals surface area contributed by atoms with Crippen molar-refractivity contribution in [3.8, 4) is 46.0 Å². The normalized spacial score (nSPS) is 15.0. The van der Waals surface area contributed by atoms with Gasteiger partial charge in [0.2, 0.25) is 13.6 Å². The minimum Gasteiger partial charge on any atom is -0.486 e. The fraction of sp³-hybridized carbons (Fsp3) is 0.458. The van der Waals surface area contributed by atoms with Gasteiger partial charge in [-0.1, -0.05) is 165 Å². The summed E-state index contributed by atoms with van der Waals surface area (Å²) in [6.07, 6.45) is 4.33. The Balaban J connectivity index is 0.000000140. The molecule has 9 nitrogen and oxygen atoms in total. The maximum Gasteiger partial charge on any atom is 0.231 e. The van der Waals surface area contributed by atoms with Crippen LogP contribution in [-0.2, 0) is 27.1 Å². The average molecular weight is 928 g/mol. The average Bonchev–Trinajstić information content (AvgIpc) is 3.98. The van der Waals surface area contributed by atoms with Gasteiger partial charge in [-0.25, -0.2) is 0 Å². The van der Waals surface area contributed by atoms with Crippen LogP contribution in [-0.4, -0.2) is 46.6 Å². The second-order valence-electron chi connectivity index (χ2n) is 22.6. The van der Waals surface area contributed by atoms with Crippen molar-refractivity contribution in [3.05, 3.63) is 130 Å². The van der Waals surface area contributed by atoms with Crippen LogP contribution in [0.2, 0.25) is 0 Å². The Morgan fingerprint density at radius 1 is 0.368 bits per heavy atom. The van der Waals surface area contributed by atoms with E-state index in [4.69, 9.17) is 37.9 Å². The van der Waals surface area contributed by atoms with Crippen molar-refractivity contribution in [3.63, 3.8) is 0 Å². The lowest BCUT2D eigenvalue weighted by Gasteiger charge is -2.27. The quantitative estimate of drug-likeness (QED) is 0.163. The fourth-order valence-corrected chi connectivity index (χ4v) is 7.73. The van der Waals surface area contributed by atoms with Crippen LogP contribution in [0, 0.1) is 0 Å². The van der Waals surface area contributed by atoms with Crippen molar-refractivity contribution >= 4 is 11.8 Å². The highest BCUT2D eigenvalue weighted by Crippen LogP contribution is 2.42. The minimum atomic E-state index is 0.103. The van der Waals surface area contributed by atoms with E-state index in [1.165, 1.54) is 39.1 Å². The highest BCUT2D eigenvalue weighted by Gasteiger charge is 2.26. The number of nitrogens with one attached hydrogen (secondary N) is 1. The smallest absolute Gasteiger partial charge is 0.231 e. The summed E-state index contributed by atoms with van der Waals surface area (Å²) in [6, 6.07) is 31.1. The van der Waals surface area contributed by atoms with Crippen molar-refractivity contribution in [2.24, 2.45) is 0 Å². The van der Waals surface area contributed by atoms with Crippen LogP contribution in [0.5, 0.6) is 46.0 Å². The molecule has 0 aliphatic carbocycles. The van der Waals surface area contributed by atoms with E-state index in [-0.39, 0.29) is 27.1 Å². The lowest BCUT2D eigenvalue weighted by molar-refractivity contribution is 0.168. The molecule has 0 unspecified atom stereocenters. The highest BCUT2D eigenvalue weighted by atomic mass is 16.7. The van der Waals surface area contributed by atoms with Crippen molar-refractivity contribution in [2.45, 2.75) is 131 Å².